The van der Waals surface area contributed by atoms with Crippen LogP contribution in [-0.4, -0.2) is 16.1 Å². The molecule has 0 atom stereocenters. The molecule has 2 rings (SSSR count). The molecule has 4 heteroatoms. The number of hydrogen-bond donors (Lipinski definition) is 1. The van der Waals surface area contributed by atoms with Crippen LogP contribution in [0.2, 0.25) is 5.02 Å². The second-order valence-electron chi connectivity index (χ2n) is 3.57. The van der Waals surface area contributed by atoms with Crippen molar-refractivity contribution in [2.75, 3.05) is 0 Å². The van der Waals surface area contributed by atoms with Crippen molar-refractivity contribution in [1.29, 1.82) is 0 Å². The Bertz CT molecular complexity index is 593. The maximum absolute atomic E-state index is 10.4. The lowest BCUT2D eigenvalue weighted by Crippen LogP contribution is -1.89. The molecule has 0 bridgehead atoms. The lowest BCUT2D eigenvalue weighted by atomic mass is 10.1. The van der Waals surface area contributed by atoms with Gasteiger partial charge in [-0.1, -0.05) is 29.8 Å². The highest BCUT2D eigenvalue weighted by Crippen LogP contribution is 2.22. The number of carbonyl (C=O) groups is 1. The SMILES string of the molecule is O=C(O)CC=Cc1ccc2nccc(Cl)c2c1. The number of aliphatic carboxylic acids is 1. The first-order valence-electron chi connectivity index (χ1n) is 5.09. The summed E-state index contributed by atoms with van der Waals surface area (Å²) in [5.41, 5.74) is 1.74. The Balaban J connectivity index is 2.34. The summed E-state index contributed by atoms with van der Waals surface area (Å²) < 4.78 is 0. The second-order valence-corrected chi connectivity index (χ2v) is 3.98. The number of rotatable bonds is 3. The summed E-state index contributed by atoms with van der Waals surface area (Å²) >= 11 is 6.06. The van der Waals surface area contributed by atoms with Crippen molar-refractivity contribution in [3.8, 4) is 0 Å². The third-order valence-electron chi connectivity index (χ3n) is 2.32. The Labute approximate surface area is 103 Å². The van der Waals surface area contributed by atoms with E-state index in [-0.39, 0.29) is 6.42 Å². The van der Waals surface area contributed by atoms with E-state index in [1.54, 1.807) is 24.4 Å². The van der Waals surface area contributed by atoms with Gasteiger partial charge < -0.3 is 5.11 Å². The van der Waals surface area contributed by atoms with Gasteiger partial charge in [0.05, 0.1) is 17.0 Å². The van der Waals surface area contributed by atoms with Gasteiger partial charge in [0.1, 0.15) is 0 Å². The summed E-state index contributed by atoms with van der Waals surface area (Å²) in [6, 6.07) is 7.36. The Morgan fingerprint density at radius 2 is 2.24 bits per heavy atom. The minimum atomic E-state index is -0.846. The Morgan fingerprint density at radius 1 is 1.41 bits per heavy atom. The molecule has 1 aromatic carbocycles. The van der Waals surface area contributed by atoms with Crippen molar-refractivity contribution < 1.29 is 9.90 Å². The van der Waals surface area contributed by atoms with Crippen LogP contribution < -0.4 is 0 Å². The van der Waals surface area contributed by atoms with Crippen molar-refractivity contribution in [3.05, 3.63) is 47.1 Å². The van der Waals surface area contributed by atoms with Crippen molar-refractivity contribution in [3.63, 3.8) is 0 Å². The van der Waals surface area contributed by atoms with Gasteiger partial charge in [-0.15, -0.1) is 0 Å². The fraction of sp³-hybridized carbons (Fsp3) is 0.0769. The zero-order valence-corrected chi connectivity index (χ0v) is 9.69. The maximum atomic E-state index is 10.4. The van der Waals surface area contributed by atoms with Crippen molar-refractivity contribution in [2.45, 2.75) is 6.42 Å². The van der Waals surface area contributed by atoms with Gasteiger partial charge in [-0.3, -0.25) is 9.78 Å². The molecule has 1 heterocycles. The lowest BCUT2D eigenvalue weighted by molar-refractivity contribution is -0.135. The number of aromatic nitrogens is 1. The Kier molecular flexibility index (Phi) is 3.40. The molecular weight excluding hydrogens is 238 g/mol. The largest absolute Gasteiger partial charge is 0.481 e. The molecule has 3 nitrogen and oxygen atoms in total. The number of fused-ring (bicyclic) bond motifs is 1. The predicted octanol–water partition coefficient (Wildman–Crippen LogP) is 3.38. The summed E-state index contributed by atoms with van der Waals surface area (Å²) in [6.07, 6.45) is 5.04. The van der Waals surface area contributed by atoms with Crippen LogP contribution >= 0.6 is 11.6 Å². The van der Waals surface area contributed by atoms with Crippen LogP contribution in [0.3, 0.4) is 0 Å². The number of pyridine rings is 1. The average molecular weight is 248 g/mol. The molecular formula is C13H10ClNO2. The summed E-state index contributed by atoms with van der Waals surface area (Å²) in [5, 5.41) is 10.0. The minimum Gasteiger partial charge on any atom is -0.481 e. The molecule has 86 valence electrons. The fourth-order valence-corrected chi connectivity index (χ4v) is 1.74. The highest BCUT2D eigenvalue weighted by molar-refractivity contribution is 6.35. The van der Waals surface area contributed by atoms with E-state index in [1.165, 1.54) is 0 Å². The normalized spacial score (nSPS) is 11.1. The van der Waals surface area contributed by atoms with Gasteiger partial charge in [-0.2, -0.15) is 0 Å². The van der Waals surface area contributed by atoms with Gasteiger partial charge in [0.15, 0.2) is 0 Å². The number of benzene rings is 1. The fourth-order valence-electron chi connectivity index (χ4n) is 1.53. The Hall–Kier alpha value is -1.87. The number of carboxylic acid groups (broad SMARTS) is 1. The Morgan fingerprint density at radius 3 is 3.00 bits per heavy atom. The monoisotopic (exact) mass is 247 g/mol. The van der Waals surface area contributed by atoms with E-state index in [4.69, 9.17) is 16.7 Å². The molecule has 0 spiro atoms. The molecule has 0 fully saturated rings. The number of nitrogens with zero attached hydrogens (tertiary/aromatic N) is 1. The summed E-state index contributed by atoms with van der Waals surface area (Å²) in [6.45, 7) is 0. The zero-order valence-electron chi connectivity index (χ0n) is 8.93. The van der Waals surface area contributed by atoms with E-state index in [9.17, 15) is 4.79 Å². The quantitative estimate of drug-likeness (QED) is 0.905. The van der Waals surface area contributed by atoms with Crippen LogP contribution in [0.1, 0.15) is 12.0 Å². The van der Waals surface area contributed by atoms with E-state index >= 15 is 0 Å². The first-order valence-corrected chi connectivity index (χ1v) is 5.47. The lowest BCUT2D eigenvalue weighted by Gasteiger charge is -2.00. The van der Waals surface area contributed by atoms with Crippen molar-refractivity contribution in [1.82, 2.24) is 4.98 Å². The molecule has 1 aromatic heterocycles. The molecule has 0 saturated heterocycles. The van der Waals surface area contributed by atoms with Gasteiger partial charge in [-0.25, -0.2) is 0 Å². The van der Waals surface area contributed by atoms with Crippen LogP contribution in [0.4, 0.5) is 0 Å². The van der Waals surface area contributed by atoms with Crippen molar-refractivity contribution >= 4 is 34.5 Å². The first kappa shape index (κ1) is 11.6. The predicted molar refractivity (Wildman–Crippen MR) is 68.0 cm³/mol. The minimum absolute atomic E-state index is 0.0127. The smallest absolute Gasteiger partial charge is 0.307 e. The van der Waals surface area contributed by atoms with Crippen LogP contribution in [-0.2, 0) is 4.79 Å². The van der Waals surface area contributed by atoms with E-state index < -0.39 is 5.97 Å². The molecule has 1 N–H and O–H groups in total. The van der Waals surface area contributed by atoms with Gasteiger partial charge in [0.25, 0.3) is 0 Å². The standard InChI is InChI=1S/C13H10ClNO2/c14-11-6-7-15-12-5-4-9(8-10(11)12)2-1-3-13(16)17/h1-2,4-8H,3H2,(H,16,17). The first-order chi connectivity index (χ1) is 8.16. The molecule has 2 aromatic rings. The van der Waals surface area contributed by atoms with Gasteiger partial charge in [0.2, 0.25) is 0 Å². The second kappa shape index (κ2) is 4.97. The van der Waals surface area contributed by atoms with Crippen LogP contribution in [0.15, 0.2) is 36.5 Å². The highest BCUT2D eigenvalue weighted by Gasteiger charge is 1.99. The molecule has 0 aliphatic carbocycles. The molecule has 0 aliphatic heterocycles. The average Bonchev–Trinajstić information content (AvgIpc) is 2.30. The van der Waals surface area contributed by atoms with Crippen LogP contribution in [0, 0.1) is 0 Å². The molecule has 0 amide bonds. The topological polar surface area (TPSA) is 50.2 Å². The molecule has 0 saturated carbocycles. The zero-order chi connectivity index (χ0) is 12.3. The van der Waals surface area contributed by atoms with E-state index in [0.29, 0.717) is 5.02 Å². The summed E-state index contributed by atoms with van der Waals surface area (Å²) in [5.74, 6) is -0.846. The van der Waals surface area contributed by atoms with E-state index in [0.717, 1.165) is 16.5 Å². The third kappa shape index (κ3) is 2.82. The van der Waals surface area contributed by atoms with Crippen molar-refractivity contribution in [2.24, 2.45) is 0 Å². The third-order valence-corrected chi connectivity index (χ3v) is 2.64. The maximum Gasteiger partial charge on any atom is 0.307 e. The number of carboxylic acids is 1. The van der Waals surface area contributed by atoms with Gasteiger partial charge in [0, 0.05) is 11.6 Å². The number of hydrogen-bond acceptors (Lipinski definition) is 2. The number of halogens is 1. The molecule has 0 unspecified atom stereocenters. The molecule has 0 radical (unpaired) electrons. The van der Waals surface area contributed by atoms with Crippen LogP contribution in [0.25, 0.3) is 17.0 Å². The van der Waals surface area contributed by atoms with E-state index in [1.807, 2.05) is 18.2 Å². The molecule has 0 aliphatic rings. The van der Waals surface area contributed by atoms with E-state index in [2.05, 4.69) is 4.98 Å². The summed E-state index contributed by atoms with van der Waals surface area (Å²) in [7, 11) is 0. The van der Waals surface area contributed by atoms with Gasteiger partial charge >= 0.3 is 5.97 Å². The van der Waals surface area contributed by atoms with Crippen LogP contribution in [0.5, 0.6) is 0 Å². The highest BCUT2D eigenvalue weighted by atomic mass is 35.5. The molecule has 17 heavy (non-hydrogen) atoms. The van der Waals surface area contributed by atoms with Gasteiger partial charge in [-0.05, 0) is 23.8 Å². The summed E-state index contributed by atoms with van der Waals surface area (Å²) in [4.78, 5) is 14.6.